The van der Waals surface area contributed by atoms with Crippen LogP contribution in [0, 0.1) is 0 Å². The van der Waals surface area contributed by atoms with Gasteiger partial charge < -0.3 is 25.4 Å². The third kappa shape index (κ3) is 5.01. The summed E-state index contributed by atoms with van der Waals surface area (Å²) in [6, 6.07) is 17.2. The lowest BCUT2D eigenvalue weighted by atomic mass is 10.1. The van der Waals surface area contributed by atoms with Crippen molar-refractivity contribution in [2.24, 2.45) is 0 Å². The van der Waals surface area contributed by atoms with Crippen LogP contribution in [-0.2, 0) is 4.79 Å². The molecule has 0 saturated carbocycles. The number of carboxylic acid groups (broad SMARTS) is 1. The fraction of sp³-hybridized carbons (Fsp3) is 0.269. The zero-order valence-electron chi connectivity index (χ0n) is 20.3. The zero-order valence-corrected chi connectivity index (χ0v) is 20.3. The number of amides is 2. The minimum atomic E-state index is -1.13. The molecule has 2 amide bonds. The van der Waals surface area contributed by atoms with E-state index < -0.39 is 6.09 Å². The molecule has 0 radical (unpaired) electrons. The highest BCUT2D eigenvalue weighted by Crippen LogP contribution is 2.35. The number of carbonyl (C=O) groups excluding carboxylic acids is 1. The van der Waals surface area contributed by atoms with Gasteiger partial charge in [-0.15, -0.1) is 0 Å². The Morgan fingerprint density at radius 1 is 1.05 bits per heavy atom. The number of hydrogen-bond acceptors (Lipinski definition) is 7. The maximum atomic E-state index is 12.5. The number of carbonyl (C=O) groups is 2. The second-order valence-corrected chi connectivity index (χ2v) is 8.94. The number of hydrogen-bond donors (Lipinski definition) is 2. The van der Waals surface area contributed by atoms with Crippen molar-refractivity contribution in [3.8, 4) is 22.8 Å². The summed E-state index contributed by atoms with van der Waals surface area (Å²) < 4.78 is 7.78. The Morgan fingerprint density at radius 3 is 2.41 bits per heavy atom. The molecule has 11 heteroatoms. The number of nitrogens with zero attached hydrogens (tertiary/aromatic N) is 6. The minimum Gasteiger partial charge on any atom is -0.465 e. The quantitative estimate of drug-likeness (QED) is 0.408. The average Bonchev–Trinajstić information content (AvgIpc) is 3.31. The van der Waals surface area contributed by atoms with Crippen LogP contribution in [0.5, 0.6) is 11.5 Å². The van der Waals surface area contributed by atoms with Crippen molar-refractivity contribution in [2.75, 3.05) is 32.4 Å². The molecule has 0 aliphatic carbocycles. The molecule has 1 aliphatic heterocycles. The number of nitrogens with two attached hydrogens (primary N) is 1. The summed E-state index contributed by atoms with van der Waals surface area (Å²) >= 11 is 0. The summed E-state index contributed by atoms with van der Waals surface area (Å²) in [6.07, 6.45) is 1.62. The van der Waals surface area contributed by atoms with Crippen molar-refractivity contribution in [1.82, 2.24) is 29.5 Å². The van der Waals surface area contributed by atoms with Gasteiger partial charge >= 0.3 is 6.09 Å². The summed E-state index contributed by atoms with van der Waals surface area (Å²) in [5.41, 5.74) is 8.45. The van der Waals surface area contributed by atoms with Crippen LogP contribution in [0.25, 0.3) is 22.3 Å². The number of aromatic nitrogens is 4. The lowest BCUT2D eigenvalue weighted by Crippen LogP contribution is -2.44. The highest BCUT2D eigenvalue weighted by atomic mass is 16.5. The summed E-state index contributed by atoms with van der Waals surface area (Å²) in [5, 5.41) is 14.6. The molecule has 190 valence electrons. The largest absolute Gasteiger partial charge is 0.465 e. The van der Waals surface area contributed by atoms with E-state index in [9.17, 15) is 9.59 Å². The smallest absolute Gasteiger partial charge is 0.407 e. The highest BCUT2D eigenvalue weighted by Gasteiger charge is 2.28. The standard InChI is InChI=1S/C26H27N7O4/c1-31(26(35)36)15-21(34)32-13-11-18(12-14-32)33-25-22(24(27)28-16-29-25)23(30-33)17-7-9-20(10-8-17)37-19-5-3-2-4-6-19/h2-10,16,18H,11-15H2,1H3,(H,35,36)(H2,27,28,29). The zero-order chi connectivity index (χ0) is 25.9. The molecular formula is C26H27N7O4. The molecule has 5 rings (SSSR count). The number of rotatable bonds is 6. The van der Waals surface area contributed by atoms with Gasteiger partial charge in [0.25, 0.3) is 0 Å². The molecule has 3 N–H and O–H groups in total. The van der Waals surface area contributed by atoms with Crippen LogP contribution in [0.2, 0.25) is 0 Å². The maximum Gasteiger partial charge on any atom is 0.407 e. The molecule has 4 aromatic rings. The third-order valence-corrected chi connectivity index (χ3v) is 6.49. The fourth-order valence-corrected chi connectivity index (χ4v) is 4.49. The van der Waals surface area contributed by atoms with Gasteiger partial charge in [0, 0.05) is 25.7 Å². The van der Waals surface area contributed by atoms with Crippen LogP contribution in [0.3, 0.4) is 0 Å². The van der Waals surface area contributed by atoms with E-state index in [0.717, 1.165) is 16.2 Å². The summed E-state index contributed by atoms with van der Waals surface area (Å²) in [6.45, 7) is 0.835. The first-order chi connectivity index (χ1) is 17.9. The molecule has 11 nitrogen and oxygen atoms in total. The molecule has 2 aromatic carbocycles. The Kier molecular flexibility index (Phi) is 6.59. The van der Waals surface area contributed by atoms with Gasteiger partial charge in [-0.25, -0.2) is 19.4 Å². The van der Waals surface area contributed by atoms with E-state index in [1.165, 1.54) is 13.4 Å². The molecule has 3 heterocycles. The number of likely N-dealkylation sites (N-methyl/N-ethyl adjacent to an activating group) is 1. The first kappa shape index (κ1) is 24.0. The van der Waals surface area contributed by atoms with Crippen molar-refractivity contribution in [1.29, 1.82) is 0 Å². The lowest BCUT2D eigenvalue weighted by Gasteiger charge is -2.33. The van der Waals surface area contributed by atoms with E-state index in [2.05, 4.69) is 9.97 Å². The number of likely N-dealkylation sites (tertiary alicyclic amines) is 1. The van der Waals surface area contributed by atoms with Crippen LogP contribution in [0.4, 0.5) is 10.6 Å². The molecule has 0 bridgehead atoms. The SMILES string of the molecule is CN(CC(=O)N1CCC(n2nc(-c3ccc(Oc4ccccc4)cc3)c3c(N)ncnc32)CC1)C(=O)O. The van der Waals surface area contributed by atoms with Gasteiger partial charge in [0.15, 0.2) is 5.65 Å². The average molecular weight is 502 g/mol. The normalized spacial score (nSPS) is 14.0. The van der Waals surface area contributed by atoms with Crippen LogP contribution in [-0.4, -0.2) is 73.3 Å². The topological polar surface area (TPSA) is 140 Å². The fourth-order valence-electron chi connectivity index (χ4n) is 4.49. The van der Waals surface area contributed by atoms with Gasteiger partial charge in [-0.1, -0.05) is 18.2 Å². The van der Waals surface area contributed by atoms with E-state index in [1.54, 1.807) is 4.90 Å². The summed E-state index contributed by atoms with van der Waals surface area (Å²) in [7, 11) is 1.38. The monoisotopic (exact) mass is 501 g/mol. The van der Waals surface area contributed by atoms with Gasteiger partial charge in [-0.2, -0.15) is 5.10 Å². The van der Waals surface area contributed by atoms with E-state index >= 15 is 0 Å². The number of fused-ring (bicyclic) bond motifs is 1. The Labute approximate surface area is 213 Å². The second-order valence-electron chi connectivity index (χ2n) is 8.94. The molecule has 1 fully saturated rings. The van der Waals surface area contributed by atoms with Crippen molar-refractivity contribution >= 4 is 28.9 Å². The van der Waals surface area contributed by atoms with Gasteiger partial charge in [0.05, 0.1) is 11.4 Å². The molecule has 2 aromatic heterocycles. The van der Waals surface area contributed by atoms with E-state index in [1.807, 2.05) is 59.3 Å². The molecule has 37 heavy (non-hydrogen) atoms. The van der Waals surface area contributed by atoms with Crippen molar-refractivity contribution in [2.45, 2.75) is 18.9 Å². The van der Waals surface area contributed by atoms with Crippen LogP contribution in [0.15, 0.2) is 60.9 Å². The predicted molar refractivity (Wildman–Crippen MR) is 137 cm³/mol. The predicted octanol–water partition coefficient (Wildman–Crippen LogP) is 3.64. The Bertz CT molecular complexity index is 1410. The first-order valence-corrected chi connectivity index (χ1v) is 11.9. The number of ether oxygens (including phenoxy) is 1. The first-order valence-electron chi connectivity index (χ1n) is 11.9. The minimum absolute atomic E-state index is 0.00694. The van der Waals surface area contributed by atoms with Crippen molar-refractivity contribution in [3.63, 3.8) is 0 Å². The summed E-state index contributed by atoms with van der Waals surface area (Å²) in [4.78, 5) is 34.9. The number of nitrogen functional groups attached to an aromatic ring is 1. The number of piperidine rings is 1. The van der Waals surface area contributed by atoms with Crippen LogP contribution < -0.4 is 10.5 Å². The number of anilines is 1. The Hall–Kier alpha value is -4.67. The number of benzene rings is 2. The maximum absolute atomic E-state index is 12.5. The molecule has 1 saturated heterocycles. The molecule has 0 spiro atoms. The highest BCUT2D eigenvalue weighted by molar-refractivity contribution is 5.98. The van der Waals surface area contributed by atoms with Crippen molar-refractivity contribution < 1.29 is 19.4 Å². The lowest BCUT2D eigenvalue weighted by molar-refractivity contribution is -0.133. The van der Waals surface area contributed by atoms with E-state index in [0.29, 0.717) is 54.2 Å². The van der Waals surface area contributed by atoms with Crippen molar-refractivity contribution in [3.05, 3.63) is 60.9 Å². The van der Waals surface area contributed by atoms with Gasteiger partial charge in [-0.05, 0) is 49.2 Å². The molecule has 0 unspecified atom stereocenters. The molecule has 0 atom stereocenters. The van der Waals surface area contributed by atoms with Gasteiger partial charge in [0.1, 0.15) is 35.9 Å². The Morgan fingerprint density at radius 2 is 1.73 bits per heavy atom. The second kappa shape index (κ2) is 10.1. The molecular weight excluding hydrogens is 474 g/mol. The van der Waals surface area contributed by atoms with Gasteiger partial charge in [-0.3, -0.25) is 4.79 Å². The van der Waals surface area contributed by atoms with Crippen LogP contribution >= 0.6 is 0 Å². The van der Waals surface area contributed by atoms with E-state index in [4.69, 9.17) is 20.7 Å². The van der Waals surface area contributed by atoms with E-state index in [-0.39, 0.29) is 18.5 Å². The Balaban J connectivity index is 1.37. The van der Waals surface area contributed by atoms with Crippen LogP contribution in [0.1, 0.15) is 18.9 Å². The number of para-hydroxylation sites is 1. The summed E-state index contributed by atoms with van der Waals surface area (Å²) in [5.74, 6) is 1.59. The molecule has 1 aliphatic rings. The third-order valence-electron chi connectivity index (χ3n) is 6.49. The van der Waals surface area contributed by atoms with Gasteiger partial charge in [0.2, 0.25) is 5.91 Å².